The summed E-state index contributed by atoms with van der Waals surface area (Å²) in [5.41, 5.74) is 3.90. The maximum absolute atomic E-state index is 11.7. The molecule has 0 bridgehead atoms. The first-order valence-corrected chi connectivity index (χ1v) is 17.7. The number of aliphatic hydroxyl groups is 1. The van der Waals surface area contributed by atoms with E-state index in [1.807, 2.05) is 56.6 Å². The van der Waals surface area contributed by atoms with Crippen molar-refractivity contribution in [2.75, 3.05) is 0 Å². The first kappa shape index (κ1) is 37.1. The Morgan fingerprint density at radius 1 is 0.911 bits per heavy atom. The molecule has 0 aliphatic carbocycles. The van der Waals surface area contributed by atoms with Gasteiger partial charge in [-0.05, 0) is 78.0 Å². The Bertz CT molecular complexity index is 1780. The maximum atomic E-state index is 11.7. The van der Waals surface area contributed by atoms with Crippen LogP contribution in [0.4, 0.5) is 0 Å². The van der Waals surface area contributed by atoms with Crippen molar-refractivity contribution in [1.82, 2.24) is 4.98 Å². The van der Waals surface area contributed by atoms with Gasteiger partial charge in [-0.1, -0.05) is 89.1 Å². The molecule has 0 amide bonds. The number of aromatic nitrogens is 1. The van der Waals surface area contributed by atoms with Crippen molar-refractivity contribution in [2.45, 2.75) is 94.4 Å². The summed E-state index contributed by atoms with van der Waals surface area (Å²) < 4.78 is 2.59. The van der Waals surface area contributed by atoms with Crippen LogP contribution in [0.5, 0.6) is 0 Å². The Morgan fingerprint density at radius 3 is 2.18 bits per heavy atom. The van der Waals surface area contributed by atoms with Gasteiger partial charge in [0.05, 0.1) is 5.76 Å². The van der Waals surface area contributed by atoms with Crippen molar-refractivity contribution in [2.24, 2.45) is 17.3 Å². The van der Waals surface area contributed by atoms with Crippen LogP contribution in [-0.4, -0.2) is 15.9 Å². The number of allylic oxidation sites excluding steroid dienone is 2. The average molecular weight is 819 g/mol. The number of carbonyl (C=O) groups excluding carboxylic acids is 1. The molecule has 3 nitrogen and oxygen atoms in total. The van der Waals surface area contributed by atoms with E-state index in [0.717, 1.165) is 48.7 Å². The van der Waals surface area contributed by atoms with Crippen LogP contribution in [0.1, 0.15) is 89.5 Å². The first-order valence-electron chi connectivity index (χ1n) is 16.1. The third kappa shape index (κ3) is 8.51. The number of hydrogen-bond donors (Lipinski definition) is 1. The minimum absolute atomic E-state index is 0. The third-order valence-electron chi connectivity index (χ3n) is 8.52. The number of benzene rings is 2. The number of hydrogen-bond acceptors (Lipinski definition) is 5. The molecule has 3 heterocycles. The van der Waals surface area contributed by atoms with Crippen LogP contribution in [0.3, 0.4) is 0 Å². The van der Waals surface area contributed by atoms with E-state index in [1.165, 1.54) is 47.0 Å². The third-order valence-corrected chi connectivity index (χ3v) is 10.9. The molecule has 0 saturated carbocycles. The zero-order chi connectivity index (χ0) is 32.2. The molecule has 0 saturated heterocycles. The fourth-order valence-electron chi connectivity index (χ4n) is 5.89. The van der Waals surface area contributed by atoms with Gasteiger partial charge in [0, 0.05) is 59.5 Å². The molecular formula is C39H48IrNO2S2-. The normalized spacial score (nSPS) is 12.2. The first-order chi connectivity index (χ1) is 20.9. The molecule has 243 valence electrons. The molecule has 1 radical (unpaired) electrons. The van der Waals surface area contributed by atoms with Crippen LogP contribution in [0.15, 0.2) is 54.4 Å². The van der Waals surface area contributed by atoms with Gasteiger partial charge in [-0.3, -0.25) is 9.78 Å². The Kier molecular flexibility index (Phi) is 13.2. The van der Waals surface area contributed by atoms with E-state index < -0.39 is 0 Å². The largest absolute Gasteiger partial charge is 0.512 e. The van der Waals surface area contributed by atoms with Gasteiger partial charge < -0.3 is 5.11 Å². The van der Waals surface area contributed by atoms with Crippen LogP contribution in [-0.2, 0) is 31.3 Å². The average Bonchev–Trinajstić information content (AvgIpc) is 3.52. The van der Waals surface area contributed by atoms with E-state index in [0.29, 0.717) is 0 Å². The van der Waals surface area contributed by atoms with Gasteiger partial charge in [0.15, 0.2) is 5.78 Å². The zero-order valence-electron chi connectivity index (χ0n) is 28.3. The van der Waals surface area contributed by atoms with Gasteiger partial charge in [-0.15, -0.1) is 28.9 Å². The molecule has 0 unspecified atom stereocenters. The van der Waals surface area contributed by atoms with Gasteiger partial charge >= 0.3 is 0 Å². The molecule has 1 N–H and O–H groups in total. The van der Waals surface area contributed by atoms with E-state index in [9.17, 15) is 9.90 Å². The summed E-state index contributed by atoms with van der Waals surface area (Å²) in [5.74, 6) is 0.547. The number of fused-ring (bicyclic) bond motifs is 4. The molecule has 0 fully saturated rings. The number of aliphatic hydroxyl groups excluding tert-OH is 1. The molecule has 0 aliphatic heterocycles. The summed E-state index contributed by atoms with van der Waals surface area (Å²) in [5, 5.41) is 14.9. The zero-order valence-corrected chi connectivity index (χ0v) is 32.3. The number of carbonyl (C=O) groups is 1. The summed E-state index contributed by atoms with van der Waals surface area (Å²) in [6.45, 7) is 19.5. The number of aryl methyl sites for hydroxylation is 2. The molecular weight excluding hydrogens is 771 g/mol. The number of ketones is 1. The van der Waals surface area contributed by atoms with Gasteiger partial charge in [0.2, 0.25) is 0 Å². The SMILES string of the molecule is CCC(CC)C(=O)/C=C(\O)C(CC)CC.Cc1cc2c(s1)c(-c1nccc3c(C)c(CC(C)(C)C)sc13)[c-]c1ccccc12.[Ir]. The second-order valence-corrected chi connectivity index (χ2v) is 15.4. The monoisotopic (exact) mass is 819 g/mol. The van der Waals surface area contributed by atoms with E-state index >= 15 is 0 Å². The van der Waals surface area contributed by atoms with E-state index in [-0.39, 0.29) is 48.9 Å². The Morgan fingerprint density at radius 2 is 1.56 bits per heavy atom. The van der Waals surface area contributed by atoms with E-state index in [2.05, 4.69) is 77.1 Å². The number of thiophene rings is 2. The predicted molar refractivity (Wildman–Crippen MR) is 193 cm³/mol. The Labute approximate surface area is 291 Å². The number of nitrogens with zero attached hydrogens (tertiary/aromatic N) is 1. The van der Waals surface area contributed by atoms with Crippen LogP contribution in [0.25, 0.3) is 42.2 Å². The topological polar surface area (TPSA) is 50.2 Å². The molecule has 3 aromatic heterocycles. The number of pyridine rings is 1. The molecule has 0 atom stereocenters. The number of rotatable bonds is 9. The molecule has 5 aromatic rings. The molecule has 0 aliphatic rings. The molecule has 0 spiro atoms. The van der Waals surface area contributed by atoms with Crippen LogP contribution in [0.2, 0.25) is 0 Å². The van der Waals surface area contributed by atoms with Crippen molar-refractivity contribution >= 4 is 59.4 Å². The summed E-state index contributed by atoms with van der Waals surface area (Å²) >= 11 is 3.77. The van der Waals surface area contributed by atoms with Crippen LogP contribution >= 0.6 is 22.7 Å². The molecule has 6 heteroatoms. The van der Waals surface area contributed by atoms with E-state index in [4.69, 9.17) is 4.98 Å². The molecule has 2 aromatic carbocycles. The van der Waals surface area contributed by atoms with Crippen molar-refractivity contribution < 1.29 is 30.0 Å². The maximum Gasteiger partial charge on any atom is 0.162 e. The van der Waals surface area contributed by atoms with Crippen molar-refractivity contribution in [3.05, 3.63) is 75.8 Å². The smallest absolute Gasteiger partial charge is 0.162 e. The van der Waals surface area contributed by atoms with Gasteiger partial charge in [0.25, 0.3) is 0 Å². The Balaban J connectivity index is 0.000000297. The van der Waals surface area contributed by atoms with Gasteiger partial charge in [0.1, 0.15) is 0 Å². The molecule has 5 rings (SSSR count). The fourth-order valence-corrected chi connectivity index (χ4v) is 8.51. The van der Waals surface area contributed by atoms with Crippen molar-refractivity contribution in [1.29, 1.82) is 0 Å². The second kappa shape index (κ2) is 16.0. The fraction of sp³-hybridized carbons (Fsp3) is 0.436. The van der Waals surface area contributed by atoms with Crippen molar-refractivity contribution in [3.8, 4) is 11.3 Å². The minimum atomic E-state index is 0. The van der Waals surface area contributed by atoms with Gasteiger partial charge in [-0.2, -0.15) is 11.3 Å². The standard InChI is InChI=1S/C26H24NS2.C13H24O2.Ir/c1-15-12-20-19-9-7-6-8-17(19)13-21(24(20)28-15)23-25-18(10-11-27-23)16(2)22(29-25)14-26(3,4)5;1-5-10(6-2)12(14)9-13(15)11(7-3)8-4;/h6-12H,14H2,1-5H3;9-11,14H,5-8H2,1-4H3;/q-1;;/b;12-9-;. The Hall–Kier alpha value is -2.37. The molecule has 45 heavy (non-hydrogen) atoms. The van der Waals surface area contributed by atoms with Crippen LogP contribution < -0.4 is 0 Å². The van der Waals surface area contributed by atoms with Crippen molar-refractivity contribution in [3.63, 3.8) is 0 Å². The van der Waals surface area contributed by atoms with E-state index in [1.54, 1.807) is 0 Å². The summed E-state index contributed by atoms with van der Waals surface area (Å²) in [6, 6.07) is 16.8. The van der Waals surface area contributed by atoms with Gasteiger partial charge in [-0.25, -0.2) is 0 Å². The van der Waals surface area contributed by atoms with Crippen LogP contribution in [0, 0.1) is 37.2 Å². The summed E-state index contributed by atoms with van der Waals surface area (Å²) in [7, 11) is 0. The predicted octanol–water partition coefficient (Wildman–Crippen LogP) is 12.2. The summed E-state index contributed by atoms with van der Waals surface area (Å²) in [6.07, 6.45) is 7.96. The second-order valence-electron chi connectivity index (χ2n) is 13.1. The quantitative estimate of drug-likeness (QED) is 0.0916. The summed E-state index contributed by atoms with van der Waals surface area (Å²) in [4.78, 5) is 19.4. The minimum Gasteiger partial charge on any atom is -0.512 e.